The van der Waals surface area contributed by atoms with Crippen LogP contribution in [0.4, 0.5) is 5.69 Å². The Bertz CT molecular complexity index is 1420. The molecule has 0 aliphatic carbocycles. The normalized spacial score (nSPS) is 10.9. The molecule has 164 valence electrons. The summed E-state index contributed by atoms with van der Waals surface area (Å²) in [5, 5.41) is 10.0. The number of carbonyl (C=O) groups excluding carboxylic acids is 1. The number of rotatable bonds is 7. The molecule has 0 saturated carbocycles. The number of amides is 1. The lowest BCUT2D eigenvalue weighted by Crippen LogP contribution is -2.10. The number of aromatic nitrogens is 2. The summed E-state index contributed by atoms with van der Waals surface area (Å²) in [4.78, 5) is 12.6. The van der Waals surface area contributed by atoms with Gasteiger partial charge in [-0.3, -0.25) is 9.48 Å². The minimum Gasteiger partial charge on any atom is -0.486 e. The first-order valence-corrected chi connectivity index (χ1v) is 10.8. The predicted octanol–water partition coefficient (Wildman–Crippen LogP) is 6.16. The van der Waals surface area contributed by atoms with Gasteiger partial charge in [0.2, 0.25) is 0 Å². The Balaban J connectivity index is 1.18. The molecule has 0 unspecified atom stereocenters. The third-order valence-electron chi connectivity index (χ3n) is 5.11. The third-order valence-corrected chi connectivity index (χ3v) is 5.35. The molecule has 0 aliphatic heterocycles. The van der Waals surface area contributed by atoms with E-state index in [0.717, 1.165) is 22.1 Å². The highest BCUT2D eigenvalue weighted by Gasteiger charge is 2.13. The minimum absolute atomic E-state index is 0.203. The smallest absolute Gasteiger partial charge is 0.291 e. The van der Waals surface area contributed by atoms with Crippen molar-refractivity contribution in [2.45, 2.75) is 13.2 Å². The molecule has 1 amide bonds. The number of nitrogens with zero attached hydrogens (tertiary/aromatic N) is 2. The van der Waals surface area contributed by atoms with E-state index in [-0.39, 0.29) is 18.3 Å². The van der Waals surface area contributed by atoms with Crippen molar-refractivity contribution in [1.82, 2.24) is 9.78 Å². The average Bonchev–Trinajstić information content (AvgIpc) is 3.47. The van der Waals surface area contributed by atoms with Crippen LogP contribution in [0.5, 0.6) is 5.75 Å². The van der Waals surface area contributed by atoms with Crippen LogP contribution in [-0.2, 0) is 13.2 Å². The molecule has 1 N–H and O–H groups in total. The minimum atomic E-state index is -0.353. The number of nitrogens with one attached hydrogen (secondary N) is 1. The van der Waals surface area contributed by atoms with E-state index in [2.05, 4.69) is 16.5 Å². The van der Waals surface area contributed by atoms with Crippen molar-refractivity contribution in [3.8, 4) is 5.75 Å². The fourth-order valence-corrected chi connectivity index (χ4v) is 3.73. The highest BCUT2D eigenvalue weighted by Crippen LogP contribution is 2.22. The zero-order chi connectivity index (χ0) is 22.6. The molecular weight excluding hydrogens is 438 g/mol. The summed E-state index contributed by atoms with van der Waals surface area (Å²) in [5.41, 5.74) is 1.60. The molecule has 0 atom stereocenters. The molecule has 2 heterocycles. The van der Waals surface area contributed by atoms with E-state index in [1.165, 1.54) is 0 Å². The Morgan fingerprint density at radius 3 is 2.76 bits per heavy atom. The summed E-state index contributed by atoms with van der Waals surface area (Å²) in [6, 6.07) is 24.9. The molecule has 5 aromatic rings. The van der Waals surface area contributed by atoms with Crippen LogP contribution in [0, 0.1) is 0 Å². The van der Waals surface area contributed by atoms with Crippen molar-refractivity contribution in [2.24, 2.45) is 0 Å². The van der Waals surface area contributed by atoms with E-state index < -0.39 is 0 Å². The largest absolute Gasteiger partial charge is 0.486 e. The lowest BCUT2D eigenvalue weighted by atomic mass is 10.1. The SMILES string of the molecule is O=C(Nc1cnn(Cc2cccc(Cl)c2)c1)c1ccc(COc2ccc3ccccc3c2)o1. The van der Waals surface area contributed by atoms with E-state index in [1.807, 2.05) is 60.7 Å². The third kappa shape index (κ3) is 5.07. The van der Waals surface area contributed by atoms with Crippen molar-refractivity contribution in [2.75, 3.05) is 5.32 Å². The lowest BCUT2D eigenvalue weighted by Gasteiger charge is -2.06. The van der Waals surface area contributed by atoms with E-state index in [4.69, 9.17) is 20.8 Å². The standard InChI is InChI=1S/C26H20ClN3O3/c27-21-7-3-4-18(12-21)15-30-16-22(14-28-30)29-26(31)25-11-10-24(33-25)17-32-23-9-8-19-5-1-2-6-20(19)13-23/h1-14,16H,15,17H2,(H,29,31). The quantitative estimate of drug-likeness (QED) is 0.317. The molecule has 33 heavy (non-hydrogen) atoms. The molecule has 0 spiro atoms. The first-order chi connectivity index (χ1) is 16.1. The van der Waals surface area contributed by atoms with Gasteiger partial charge in [0.1, 0.15) is 18.1 Å². The number of ether oxygens (including phenoxy) is 1. The second-order valence-electron chi connectivity index (χ2n) is 7.57. The van der Waals surface area contributed by atoms with E-state index in [0.29, 0.717) is 23.0 Å². The maximum atomic E-state index is 12.6. The van der Waals surface area contributed by atoms with Gasteiger partial charge in [-0.05, 0) is 52.7 Å². The molecule has 7 heteroatoms. The molecule has 0 bridgehead atoms. The Morgan fingerprint density at radius 1 is 1.00 bits per heavy atom. The molecule has 0 fully saturated rings. The van der Waals surface area contributed by atoms with Crippen molar-refractivity contribution in [1.29, 1.82) is 0 Å². The van der Waals surface area contributed by atoms with Crippen LogP contribution in [0.25, 0.3) is 10.8 Å². The monoisotopic (exact) mass is 457 g/mol. The van der Waals surface area contributed by atoms with E-state index >= 15 is 0 Å². The number of anilines is 1. The van der Waals surface area contributed by atoms with Crippen LogP contribution < -0.4 is 10.1 Å². The van der Waals surface area contributed by atoms with Gasteiger partial charge in [-0.15, -0.1) is 0 Å². The second-order valence-corrected chi connectivity index (χ2v) is 8.01. The van der Waals surface area contributed by atoms with Crippen LogP contribution in [0.15, 0.2) is 95.7 Å². The van der Waals surface area contributed by atoms with Gasteiger partial charge < -0.3 is 14.5 Å². The molecule has 0 saturated heterocycles. The number of carbonyl (C=O) groups is 1. The summed E-state index contributed by atoms with van der Waals surface area (Å²) in [6.45, 7) is 0.774. The topological polar surface area (TPSA) is 69.3 Å². The Kier molecular flexibility index (Phi) is 5.83. The summed E-state index contributed by atoms with van der Waals surface area (Å²) >= 11 is 6.03. The maximum absolute atomic E-state index is 12.6. The lowest BCUT2D eigenvalue weighted by molar-refractivity contribution is 0.0992. The van der Waals surface area contributed by atoms with Gasteiger partial charge in [0.25, 0.3) is 5.91 Å². The molecular formula is C26H20ClN3O3. The maximum Gasteiger partial charge on any atom is 0.291 e. The number of furan rings is 1. The Hall–Kier alpha value is -4.03. The summed E-state index contributed by atoms with van der Waals surface area (Å²) in [7, 11) is 0. The molecule has 0 aliphatic rings. The van der Waals surface area contributed by atoms with E-state index in [1.54, 1.807) is 29.2 Å². The molecule has 6 nitrogen and oxygen atoms in total. The zero-order valence-electron chi connectivity index (χ0n) is 17.6. The van der Waals surface area contributed by atoms with Gasteiger partial charge in [-0.25, -0.2) is 0 Å². The van der Waals surface area contributed by atoms with Gasteiger partial charge in [-0.2, -0.15) is 5.10 Å². The number of hydrogen-bond donors (Lipinski definition) is 1. The van der Waals surface area contributed by atoms with Crippen LogP contribution in [-0.4, -0.2) is 15.7 Å². The fraction of sp³-hybridized carbons (Fsp3) is 0.0769. The average molecular weight is 458 g/mol. The first kappa shape index (κ1) is 20.8. The number of fused-ring (bicyclic) bond motifs is 1. The summed E-state index contributed by atoms with van der Waals surface area (Å²) in [5.74, 6) is 1.15. The molecule has 2 aromatic heterocycles. The van der Waals surface area contributed by atoms with Gasteiger partial charge in [0.05, 0.1) is 18.4 Å². The second kappa shape index (κ2) is 9.22. The predicted molar refractivity (Wildman–Crippen MR) is 128 cm³/mol. The van der Waals surface area contributed by atoms with Crippen LogP contribution in [0.2, 0.25) is 5.02 Å². The van der Waals surface area contributed by atoms with Crippen molar-refractivity contribution >= 4 is 34.0 Å². The highest BCUT2D eigenvalue weighted by atomic mass is 35.5. The highest BCUT2D eigenvalue weighted by molar-refractivity contribution is 6.30. The van der Waals surface area contributed by atoms with Crippen molar-refractivity contribution < 1.29 is 13.9 Å². The Labute approximate surface area is 195 Å². The molecule has 5 rings (SSSR count). The van der Waals surface area contributed by atoms with Crippen LogP contribution in [0.3, 0.4) is 0 Å². The van der Waals surface area contributed by atoms with E-state index in [9.17, 15) is 4.79 Å². The van der Waals surface area contributed by atoms with Gasteiger partial charge in [0, 0.05) is 11.2 Å². The number of halogens is 1. The van der Waals surface area contributed by atoms with Crippen LogP contribution in [0.1, 0.15) is 21.9 Å². The zero-order valence-corrected chi connectivity index (χ0v) is 18.3. The van der Waals surface area contributed by atoms with Gasteiger partial charge in [0.15, 0.2) is 5.76 Å². The molecule has 3 aromatic carbocycles. The summed E-state index contributed by atoms with van der Waals surface area (Å²) < 4.78 is 13.2. The van der Waals surface area contributed by atoms with Crippen LogP contribution >= 0.6 is 11.6 Å². The molecule has 0 radical (unpaired) electrons. The van der Waals surface area contributed by atoms with Gasteiger partial charge >= 0.3 is 0 Å². The fourth-order valence-electron chi connectivity index (χ4n) is 3.52. The van der Waals surface area contributed by atoms with Crippen molar-refractivity contribution in [3.63, 3.8) is 0 Å². The Morgan fingerprint density at radius 2 is 1.88 bits per heavy atom. The van der Waals surface area contributed by atoms with Gasteiger partial charge in [-0.1, -0.05) is 54.1 Å². The first-order valence-electron chi connectivity index (χ1n) is 10.4. The number of hydrogen-bond acceptors (Lipinski definition) is 4. The summed E-state index contributed by atoms with van der Waals surface area (Å²) in [6.07, 6.45) is 3.35. The number of benzene rings is 3. The van der Waals surface area contributed by atoms with Crippen molar-refractivity contribution in [3.05, 3.63) is 113 Å².